The number of hydrogen-bond acceptors (Lipinski definition) is 6. The van der Waals surface area contributed by atoms with E-state index in [1.54, 1.807) is 10.9 Å². The molecule has 0 fully saturated rings. The minimum Gasteiger partial charge on any atom is -0.334 e. The quantitative estimate of drug-likeness (QED) is 0.448. The molecule has 0 bridgehead atoms. The lowest BCUT2D eigenvalue weighted by Crippen LogP contribution is -2.21. The van der Waals surface area contributed by atoms with Crippen LogP contribution in [0.5, 0.6) is 0 Å². The van der Waals surface area contributed by atoms with Gasteiger partial charge >= 0.3 is 0 Å². The zero-order valence-corrected chi connectivity index (χ0v) is 17.4. The molecular formula is C23H20N6O2. The summed E-state index contributed by atoms with van der Waals surface area (Å²) < 4.78 is 8.52. The van der Waals surface area contributed by atoms with Crippen molar-refractivity contribution in [3.8, 4) is 17.1 Å². The molecule has 5 rings (SSSR count). The Bertz CT molecular complexity index is 1460. The van der Waals surface area contributed by atoms with E-state index in [0.29, 0.717) is 22.7 Å². The second-order valence-corrected chi connectivity index (χ2v) is 7.70. The highest BCUT2D eigenvalue weighted by Crippen LogP contribution is 2.19. The van der Waals surface area contributed by atoms with Gasteiger partial charge in [-0.1, -0.05) is 28.9 Å². The van der Waals surface area contributed by atoms with Crippen molar-refractivity contribution in [2.75, 3.05) is 0 Å². The van der Waals surface area contributed by atoms with Crippen LogP contribution in [-0.4, -0.2) is 29.5 Å². The summed E-state index contributed by atoms with van der Waals surface area (Å²) in [6, 6.07) is 13.9. The molecule has 0 radical (unpaired) electrons. The van der Waals surface area contributed by atoms with E-state index >= 15 is 0 Å². The minimum atomic E-state index is -0.206. The predicted octanol–water partition coefficient (Wildman–Crippen LogP) is 3.61. The van der Waals surface area contributed by atoms with Crippen LogP contribution in [-0.2, 0) is 6.54 Å². The first kappa shape index (κ1) is 18.9. The summed E-state index contributed by atoms with van der Waals surface area (Å²) in [7, 11) is 0. The number of rotatable bonds is 4. The molecule has 154 valence electrons. The highest BCUT2D eigenvalue weighted by Gasteiger charge is 2.15. The van der Waals surface area contributed by atoms with Crippen molar-refractivity contribution in [3.63, 3.8) is 0 Å². The third-order valence-corrected chi connectivity index (χ3v) is 5.05. The van der Waals surface area contributed by atoms with Gasteiger partial charge in [-0.2, -0.15) is 10.1 Å². The van der Waals surface area contributed by atoms with Crippen LogP contribution in [0.1, 0.15) is 22.5 Å². The van der Waals surface area contributed by atoms with Gasteiger partial charge in [0.1, 0.15) is 11.7 Å². The Morgan fingerprint density at radius 3 is 2.58 bits per heavy atom. The summed E-state index contributed by atoms with van der Waals surface area (Å²) in [6.07, 6.45) is 3.04. The van der Waals surface area contributed by atoms with E-state index in [1.165, 1.54) is 10.9 Å². The summed E-state index contributed by atoms with van der Waals surface area (Å²) in [5, 5.41) is 8.85. The third-order valence-electron chi connectivity index (χ3n) is 5.05. The number of aromatic nitrogens is 6. The summed E-state index contributed by atoms with van der Waals surface area (Å²) in [5.74, 6) is 0.824. The third kappa shape index (κ3) is 3.52. The Kier molecular flexibility index (Phi) is 4.47. The molecule has 3 aromatic heterocycles. The predicted molar refractivity (Wildman–Crippen MR) is 116 cm³/mol. The normalized spacial score (nSPS) is 11.3. The molecule has 0 aliphatic rings. The molecule has 5 aromatic rings. The van der Waals surface area contributed by atoms with E-state index in [-0.39, 0.29) is 12.1 Å². The fraction of sp³-hybridized carbons (Fsp3) is 0.174. The average Bonchev–Trinajstić information content (AvgIpc) is 3.37. The average molecular weight is 412 g/mol. The maximum absolute atomic E-state index is 13.0. The van der Waals surface area contributed by atoms with E-state index in [2.05, 4.69) is 26.3 Å². The molecule has 3 heterocycles. The maximum Gasteiger partial charge on any atom is 0.264 e. The van der Waals surface area contributed by atoms with Gasteiger partial charge in [-0.3, -0.25) is 9.36 Å². The van der Waals surface area contributed by atoms with Gasteiger partial charge in [-0.15, -0.1) is 0 Å². The first-order valence-corrected chi connectivity index (χ1v) is 9.89. The SMILES string of the molecule is Cc1cccc(-c2nc(Cn3cnc4c(cnn4-c4cc(C)cc(C)c4)c3=O)no2)c1. The zero-order valence-electron chi connectivity index (χ0n) is 17.4. The van der Waals surface area contributed by atoms with Crippen molar-refractivity contribution in [2.45, 2.75) is 27.3 Å². The topological polar surface area (TPSA) is 91.6 Å². The van der Waals surface area contributed by atoms with Gasteiger partial charge in [0.15, 0.2) is 11.5 Å². The molecule has 8 heteroatoms. The van der Waals surface area contributed by atoms with Gasteiger partial charge < -0.3 is 4.52 Å². The van der Waals surface area contributed by atoms with Crippen molar-refractivity contribution in [3.05, 3.63) is 87.9 Å². The number of benzene rings is 2. The molecular weight excluding hydrogens is 392 g/mol. The fourth-order valence-corrected chi connectivity index (χ4v) is 3.69. The number of hydrogen-bond donors (Lipinski definition) is 0. The van der Waals surface area contributed by atoms with Crippen LogP contribution in [0.4, 0.5) is 0 Å². The molecule has 31 heavy (non-hydrogen) atoms. The van der Waals surface area contributed by atoms with Crippen LogP contribution >= 0.6 is 0 Å². The molecule has 0 spiro atoms. The summed E-state index contributed by atoms with van der Waals surface area (Å²) >= 11 is 0. The Morgan fingerprint density at radius 2 is 1.81 bits per heavy atom. The lowest BCUT2D eigenvalue weighted by Gasteiger charge is -2.07. The molecule has 2 aromatic carbocycles. The molecule has 0 unspecified atom stereocenters. The van der Waals surface area contributed by atoms with E-state index < -0.39 is 0 Å². The first-order chi connectivity index (χ1) is 15.0. The van der Waals surface area contributed by atoms with Crippen molar-refractivity contribution < 1.29 is 4.52 Å². The Labute approximate surface area is 177 Å². The Balaban J connectivity index is 1.48. The highest BCUT2D eigenvalue weighted by atomic mass is 16.5. The van der Waals surface area contributed by atoms with Crippen molar-refractivity contribution >= 4 is 11.0 Å². The van der Waals surface area contributed by atoms with Crippen LogP contribution in [0.2, 0.25) is 0 Å². The van der Waals surface area contributed by atoms with Gasteiger partial charge in [0.05, 0.1) is 18.4 Å². The smallest absolute Gasteiger partial charge is 0.264 e. The highest BCUT2D eigenvalue weighted by molar-refractivity contribution is 5.75. The molecule has 8 nitrogen and oxygen atoms in total. The van der Waals surface area contributed by atoms with Crippen LogP contribution in [0.3, 0.4) is 0 Å². The second kappa shape index (κ2) is 7.32. The number of aryl methyl sites for hydroxylation is 3. The van der Waals surface area contributed by atoms with Gasteiger partial charge in [0.2, 0.25) is 0 Å². The first-order valence-electron chi connectivity index (χ1n) is 9.89. The van der Waals surface area contributed by atoms with Gasteiger partial charge in [0, 0.05) is 5.56 Å². The number of fused-ring (bicyclic) bond motifs is 1. The number of nitrogens with zero attached hydrogens (tertiary/aromatic N) is 6. The maximum atomic E-state index is 13.0. The van der Waals surface area contributed by atoms with Crippen molar-refractivity contribution in [1.82, 2.24) is 29.5 Å². The van der Waals surface area contributed by atoms with E-state index in [9.17, 15) is 4.79 Å². The van der Waals surface area contributed by atoms with E-state index in [4.69, 9.17) is 4.52 Å². The zero-order chi connectivity index (χ0) is 21.5. The lowest BCUT2D eigenvalue weighted by atomic mass is 10.1. The molecule has 0 N–H and O–H groups in total. The summed E-state index contributed by atoms with van der Waals surface area (Å²) in [6.45, 7) is 6.21. The Hall–Kier alpha value is -4.07. The monoisotopic (exact) mass is 412 g/mol. The standard InChI is InChI=1S/C23H20N6O2/c1-14-5-4-6-17(8-14)22-26-20(27-31-22)12-28-13-24-21-19(23(28)30)11-25-29(21)18-9-15(2)7-16(3)10-18/h4-11,13H,12H2,1-3H3. The van der Waals surface area contributed by atoms with Crippen LogP contribution in [0.15, 0.2) is 64.3 Å². The summed E-state index contributed by atoms with van der Waals surface area (Å²) in [4.78, 5) is 21.9. The van der Waals surface area contributed by atoms with E-state index in [1.807, 2.05) is 57.2 Å². The molecule has 0 saturated carbocycles. The second-order valence-electron chi connectivity index (χ2n) is 7.70. The van der Waals surface area contributed by atoms with Crippen LogP contribution in [0.25, 0.3) is 28.2 Å². The minimum absolute atomic E-state index is 0.159. The largest absolute Gasteiger partial charge is 0.334 e. The van der Waals surface area contributed by atoms with Gasteiger partial charge in [-0.25, -0.2) is 9.67 Å². The molecule has 0 aliphatic heterocycles. The van der Waals surface area contributed by atoms with Gasteiger partial charge in [0.25, 0.3) is 11.4 Å². The van der Waals surface area contributed by atoms with E-state index in [0.717, 1.165) is 27.9 Å². The molecule has 0 amide bonds. The van der Waals surface area contributed by atoms with Crippen molar-refractivity contribution in [1.29, 1.82) is 0 Å². The molecule has 0 aliphatic carbocycles. The summed E-state index contributed by atoms with van der Waals surface area (Å²) in [5.41, 5.74) is 5.36. The molecule has 0 saturated heterocycles. The lowest BCUT2D eigenvalue weighted by molar-refractivity contribution is 0.420. The van der Waals surface area contributed by atoms with Crippen LogP contribution in [0, 0.1) is 20.8 Å². The Morgan fingerprint density at radius 1 is 1.00 bits per heavy atom. The van der Waals surface area contributed by atoms with Crippen LogP contribution < -0.4 is 5.56 Å². The van der Waals surface area contributed by atoms with Gasteiger partial charge in [-0.05, 0) is 56.2 Å². The van der Waals surface area contributed by atoms with Crippen molar-refractivity contribution in [2.24, 2.45) is 0 Å². The molecule has 0 atom stereocenters. The fourth-order valence-electron chi connectivity index (χ4n) is 3.69.